The molecule has 0 saturated carbocycles. The van der Waals surface area contributed by atoms with Gasteiger partial charge in [0.2, 0.25) is 0 Å². The SMILES string of the molecule is CCN(CC)C(=O)c1cc(N)c2[nH]c(-c3ccccc3)cc2c1. The van der Waals surface area contributed by atoms with E-state index in [2.05, 4.69) is 4.98 Å². The number of carbonyl (C=O) groups excluding carboxylic acids is 1. The number of nitrogens with zero attached hydrogens (tertiary/aromatic N) is 1. The minimum absolute atomic E-state index is 0.0195. The standard InChI is InChI=1S/C19H21N3O/c1-3-22(4-2)19(23)15-10-14-12-17(13-8-6-5-7-9-13)21-18(14)16(20)11-15/h5-12,21H,3-4,20H2,1-2H3. The van der Waals surface area contributed by atoms with Gasteiger partial charge in [0.15, 0.2) is 0 Å². The number of H-pyrrole nitrogens is 1. The highest BCUT2D eigenvalue weighted by Gasteiger charge is 2.15. The average Bonchev–Trinajstić information content (AvgIpc) is 3.01. The number of aromatic amines is 1. The van der Waals surface area contributed by atoms with Gasteiger partial charge in [0, 0.05) is 29.7 Å². The summed E-state index contributed by atoms with van der Waals surface area (Å²) in [7, 11) is 0. The highest BCUT2D eigenvalue weighted by atomic mass is 16.2. The first-order valence-corrected chi connectivity index (χ1v) is 7.91. The summed E-state index contributed by atoms with van der Waals surface area (Å²) in [6.45, 7) is 5.34. The van der Waals surface area contributed by atoms with Crippen LogP contribution in [0.3, 0.4) is 0 Å². The van der Waals surface area contributed by atoms with E-state index in [0.717, 1.165) is 22.2 Å². The predicted octanol–water partition coefficient (Wildman–Crippen LogP) is 3.90. The molecule has 4 nitrogen and oxygen atoms in total. The lowest BCUT2D eigenvalue weighted by atomic mass is 10.1. The van der Waals surface area contributed by atoms with Crippen molar-refractivity contribution >= 4 is 22.5 Å². The highest BCUT2D eigenvalue weighted by molar-refractivity contribution is 6.03. The van der Waals surface area contributed by atoms with Crippen molar-refractivity contribution in [1.29, 1.82) is 0 Å². The molecule has 2 aromatic carbocycles. The Morgan fingerprint density at radius 1 is 1.09 bits per heavy atom. The average molecular weight is 307 g/mol. The molecule has 118 valence electrons. The van der Waals surface area contributed by atoms with Crippen LogP contribution in [0.1, 0.15) is 24.2 Å². The number of aromatic nitrogens is 1. The van der Waals surface area contributed by atoms with Crippen molar-refractivity contribution in [3.63, 3.8) is 0 Å². The van der Waals surface area contributed by atoms with Crippen LogP contribution in [0.4, 0.5) is 5.69 Å². The molecule has 0 radical (unpaired) electrons. The van der Waals surface area contributed by atoms with Crippen LogP contribution in [0.15, 0.2) is 48.5 Å². The normalized spacial score (nSPS) is 10.9. The zero-order valence-corrected chi connectivity index (χ0v) is 13.5. The van der Waals surface area contributed by atoms with Crippen molar-refractivity contribution in [1.82, 2.24) is 9.88 Å². The van der Waals surface area contributed by atoms with Gasteiger partial charge in [-0.1, -0.05) is 30.3 Å². The molecule has 0 aliphatic carbocycles. The molecule has 0 atom stereocenters. The van der Waals surface area contributed by atoms with E-state index in [1.807, 2.05) is 56.3 Å². The maximum absolute atomic E-state index is 12.5. The van der Waals surface area contributed by atoms with Crippen LogP contribution in [0, 0.1) is 0 Å². The molecular formula is C19H21N3O. The Hall–Kier alpha value is -2.75. The van der Waals surface area contributed by atoms with Crippen molar-refractivity contribution in [3.05, 3.63) is 54.1 Å². The van der Waals surface area contributed by atoms with Crippen molar-refractivity contribution in [3.8, 4) is 11.3 Å². The Morgan fingerprint density at radius 3 is 2.43 bits per heavy atom. The molecule has 4 heteroatoms. The highest BCUT2D eigenvalue weighted by Crippen LogP contribution is 2.29. The van der Waals surface area contributed by atoms with Crippen molar-refractivity contribution in [2.75, 3.05) is 18.8 Å². The van der Waals surface area contributed by atoms with Crippen LogP contribution >= 0.6 is 0 Å². The van der Waals surface area contributed by atoms with E-state index in [0.29, 0.717) is 24.3 Å². The van der Waals surface area contributed by atoms with Crippen molar-refractivity contribution < 1.29 is 4.79 Å². The van der Waals surface area contributed by atoms with Crippen LogP contribution in [0.5, 0.6) is 0 Å². The first-order chi connectivity index (χ1) is 11.1. The fraction of sp³-hybridized carbons (Fsp3) is 0.211. The molecule has 1 amide bonds. The molecule has 3 rings (SSSR count). The molecule has 23 heavy (non-hydrogen) atoms. The Morgan fingerprint density at radius 2 is 1.78 bits per heavy atom. The summed E-state index contributed by atoms with van der Waals surface area (Å²) < 4.78 is 0. The van der Waals surface area contributed by atoms with Gasteiger partial charge in [0.25, 0.3) is 5.91 Å². The number of nitrogen functional groups attached to an aromatic ring is 1. The number of nitrogens with one attached hydrogen (secondary N) is 1. The summed E-state index contributed by atoms with van der Waals surface area (Å²) >= 11 is 0. The minimum atomic E-state index is 0.0195. The number of amides is 1. The molecule has 1 heterocycles. The molecule has 0 unspecified atom stereocenters. The van der Waals surface area contributed by atoms with Gasteiger partial charge in [-0.2, -0.15) is 0 Å². The first-order valence-electron chi connectivity index (χ1n) is 7.91. The van der Waals surface area contributed by atoms with Crippen LogP contribution in [0.25, 0.3) is 22.2 Å². The fourth-order valence-electron chi connectivity index (χ4n) is 2.86. The van der Waals surface area contributed by atoms with E-state index in [1.54, 1.807) is 11.0 Å². The second kappa shape index (κ2) is 6.16. The quantitative estimate of drug-likeness (QED) is 0.718. The summed E-state index contributed by atoms with van der Waals surface area (Å²) in [4.78, 5) is 17.7. The third-order valence-electron chi connectivity index (χ3n) is 4.14. The lowest BCUT2D eigenvalue weighted by Crippen LogP contribution is -2.30. The number of hydrogen-bond donors (Lipinski definition) is 2. The maximum Gasteiger partial charge on any atom is 0.253 e. The zero-order chi connectivity index (χ0) is 16.4. The van der Waals surface area contributed by atoms with Gasteiger partial charge in [0.05, 0.1) is 11.2 Å². The van der Waals surface area contributed by atoms with Crippen LogP contribution in [0.2, 0.25) is 0 Å². The Balaban J connectivity index is 2.07. The second-order valence-corrected chi connectivity index (χ2v) is 5.56. The van der Waals surface area contributed by atoms with E-state index in [4.69, 9.17) is 5.73 Å². The summed E-state index contributed by atoms with van der Waals surface area (Å²) in [5, 5.41) is 0.958. The van der Waals surface area contributed by atoms with Gasteiger partial charge in [0.1, 0.15) is 0 Å². The molecule has 0 saturated heterocycles. The van der Waals surface area contributed by atoms with E-state index < -0.39 is 0 Å². The molecule has 0 aliphatic rings. The summed E-state index contributed by atoms with van der Waals surface area (Å²) in [6.07, 6.45) is 0. The Labute approximate surface area is 135 Å². The third kappa shape index (κ3) is 2.80. The van der Waals surface area contributed by atoms with Crippen LogP contribution in [-0.4, -0.2) is 28.9 Å². The Kier molecular flexibility index (Phi) is 4.06. The van der Waals surface area contributed by atoms with Crippen molar-refractivity contribution in [2.24, 2.45) is 0 Å². The minimum Gasteiger partial charge on any atom is -0.397 e. The lowest BCUT2D eigenvalue weighted by Gasteiger charge is -2.18. The molecule has 3 N–H and O–H groups in total. The van der Waals surface area contributed by atoms with Gasteiger partial charge in [-0.25, -0.2) is 0 Å². The summed E-state index contributed by atoms with van der Waals surface area (Å²) in [6, 6.07) is 15.8. The third-order valence-corrected chi connectivity index (χ3v) is 4.14. The number of rotatable bonds is 4. The van der Waals surface area contributed by atoms with Gasteiger partial charge >= 0.3 is 0 Å². The fourth-order valence-corrected chi connectivity index (χ4v) is 2.86. The molecule has 0 fully saturated rings. The smallest absolute Gasteiger partial charge is 0.253 e. The number of carbonyl (C=O) groups is 1. The van der Waals surface area contributed by atoms with Gasteiger partial charge in [-0.05, 0) is 37.6 Å². The molecule has 0 aliphatic heterocycles. The van der Waals surface area contributed by atoms with E-state index in [1.165, 1.54) is 0 Å². The Bertz CT molecular complexity index is 832. The molecule has 0 bridgehead atoms. The number of hydrogen-bond acceptors (Lipinski definition) is 2. The van der Waals surface area contributed by atoms with Crippen molar-refractivity contribution in [2.45, 2.75) is 13.8 Å². The van der Waals surface area contributed by atoms with E-state index >= 15 is 0 Å². The first kappa shape index (κ1) is 15.2. The number of fused-ring (bicyclic) bond motifs is 1. The largest absolute Gasteiger partial charge is 0.397 e. The maximum atomic E-state index is 12.5. The number of nitrogens with two attached hydrogens (primary N) is 1. The van der Waals surface area contributed by atoms with E-state index in [9.17, 15) is 4.79 Å². The number of benzene rings is 2. The molecular weight excluding hydrogens is 286 g/mol. The summed E-state index contributed by atoms with van der Waals surface area (Å²) in [5.41, 5.74) is 10.4. The van der Waals surface area contributed by atoms with E-state index in [-0.39, 0.29) is 5.91 Å². The summed E-state index contributed by atoms with van der Waals surface area (Å²) in [5.74, 6) is 0.0195. The van der Waals surface area contributed by atoms with Gasteiger partial charge in [-0.15, -0.1) is 0 Å². The topological polar surface area (TPSA) is 62.1 Å². The van der Waals surface area contributed by atoms with Gasteiger partial charge in [-0.3, -0.25) is 4.79 Å². The molecule has 0 spiro atoms. The molecule has 1 aromatic heterocycles. The monoisotopic (exact) mass is 307 g/mol. The zero-order valence-electron chi connectivity index (χ0n) is 13.5. The van der Waals surface area contributed by atoms with Gasteiger partial charge < -0.3 is 15.6 Å². The lowest BCUT2D eigenvalue weighted by molar-refractivity contribution is 0.0773. The number of anilines is 1. The second-order valence-electron chi connectivity index (χ2n) is 5.56. The van der Waals surface area contributed by atoms with Crippen LogP contribution < -0.4 is 5.73 Å². The predicted molar refractivity (Wildman–Crippen MR) is 95.4 cm³/mol. The van der Waals surface area contributed by atoms with Crippen LogP contribution in [-0.2, 0) is 0 Å². The molecule has 3 aromatic rings.